The van der Waals surface area contributed by atoms with Gasteiger partial charge in [-0.3, -0.25) is 4.89 Å². The molecule has 0 saturated heterocycles. The molecular weight excluding hydrogens is 364 g/mol. The van der Waals surface area contributed by atoms with Crippen LogP contribution in [0.2, 0.25) is 0 Å². The summed E-state index contributed by atoms with van der Waals surface area (Å²) in [5, 5.41) is 0. The number of carbonyl (C=O) groups is 1. The Morgan fingerprint density at radius 1 is 1.03 bits per heavy atom. The SMILES string of the molecule is CC(OOC(=O)c1ccccc1)OC1C=CC2C(C1)CC(C(C)(C)C)C2C(C)C. The molecule has 0 aliphatic heterocycles. The Bertz CT molecular complexity index is 703. The first kappa shape index (κ1) is 22.0. The van der Waals surface area contributed by atoms with Gasteiger partial charge in [0, 0.05) is 0 Å². The van der Waals surface area contributed by atoms with Gasteiger partial charge in [-0.1, -0.05) is 65.0 Å². The standard InChI is InChI=1S/C25H36O4/c1-16(2)23-21-13-12-20(14-19(21)15-22(23)25(4,5)6)27-17(3)28-29-24(26)18-10-8-7-9-11-18/h7-13,16-17,19-23H,14-15H2,1-6H3. The maximum Gasteiger partial charge on any atom is 0.373 e. The van der Waals surface area contributed by atoms with Gasteiger partial charge in [-0.25, -0.2) is 4.79 Å². The summed E-state index contributed by atoms with van der Waals surface area (Å²) in [6.45, 7) is 13.6. The monoisotopic (exact) mass is 400 g/mol. The quantitative estimate of drug-likeness (QED) is 0.253. The van der Waals surface area contributed by atoms with E-state index in [1.807, 2.05) is 6.07 Å². The maximum atomic E-state index is 12.0. The highest BCUT2D eigenvalue weighted by molar-refractivity contribution is 5.88. The van der Waals surface area contributed by atoms with E-state index in [0.717, 1.165) is 18.3 Å². The normalized spacial score (nSPS) is 30.2. The molecule has 4 heteroatoms. The third-order valence-electron chi connectivity index (χ3n) is 6.61. The Hall–Kier alpha value is -1.65. The molecule has 6 atom stereocenters. The summed E-state index contributed by atoms with van der Waals surface area (Å²) in [7, 11) is 0. The number of hydrogen-bond acceptors (Lipinski definition) is 4. The summed E-state index contributed by atoms with van der Waals surface area (Å²) >= 11 is 0. The molecule has 0 aromatic heterocycles. The summed E-state index contributed by atoms with van der Waals surface area (Å²) in [5.41, 5.74) is 0.775. The fraction of sp³-hybridized carbons (Fsp3) is 0.640. The van der Waals surface area contributed by atoms with Crippen LogP contribution in [0.5, 0.6) is 0 Å². The fourth-order valence-corrected chi connectivity index (χ4v) is 5.33. The van der Waals surface area contributed by atoms with Gasteiger partial charge in [0.2, 0.25) is 6.29 Å². The van der Waals surface area contributed by atoms with Gasteiger partial charge in [0.25, 0.3) is 0 Å². The zero-order valence-corrected chi connectivity index (χ0v) is 18.6. The van der Waals surface area contributed by atoms with Crippen LogP contribution in [-0.4, -0.2) is 18.4 Å². The number of allylic oxidation sites excluding steroid dienone is 1. The minimum absolute atomic E-state index is 0.00629. The summed E-state index contributed by atoms with van der Waals surface area (Å²) in [6, 6.07) is 8.81. The van der Waals surface area contributed by atoms with E-state index in [-0.39, 0.29) is 6.10 Å². The zero-order valence-electron chi connectivity index (χ0n) is 18.6. The van der Waals surface area contributed by atoms with Gasteiger partial charge in [0.1, 0.15) is 0 Å². The Morgan fingerprint density at radius 3 is 2.34 bits per heavy atom. The highest BCUT2D eigenvalue weighted by Gasteiger charge is 2.49. The highest BCUT2D eigenvalue weighted by Crippen LogP contribution is 2.55. The fourth-order valence-electron chi connectivity index (χ4n) is 5.33. The summed E-state index contributed by atoms with van der Waals surface area (Å²) in [4.78, 5) is 22.1. The largest absolute Gasteiger partial charge is 0.373 e. The van der Waals surface area contributed by atoms with E-state index >= 15 is 0 Å². The van der Waals surface area contributed by atoms with Gasteiger partial charge < -0.3 is 4.74 Å². The maximum absolute atomic E-state index is 12.0. The van der Waals surface area contributed by atoms with Gasteiger partial charge in [0.15, 0.2) is 0 Å². The van der Waals surface area contributed by atoms with Crippen LogP contribution >= 0.6 is 0 Å². The minimum atomic E-state index is -0.616. The Morgan fingerprint density at radius 2 is 1.72 bits per heavy atom. The number of rotatable bonds is 6. The molecule has 0 heterocycles. The van der Waals surface area contributed by atoms with Crippen LogP contribution in [0.1, 0.15) is 64.7 Å². The van der Waals surface area contributed by atoms with Crippen molar-refractivity contribution in [2.45, 2.75) is 66.8 Å². The van der Waals surface area contributed by atoms with Crippen molar-refractivity contribution in [3.63, 3.8) is 0 Å². The number of benzene rings is 1. The first-order valence-electron chi connectivity index (χ1n) is 10.9. The van der Waals surface area contributed by atoms with Crippen molar-refractivity contribution in [3.8, 4) is 0 Å². The second kappa shape index (κ2) is 9.01. The number of carbonyl (C=O) groups excluding carboxylic acids is 1. The lowest BCUT2D eigenvalue weighted by atomic mass is 9.69. The van der Waals surface area contributed by atoms with E-state index in [9.17, 15) is 4.79 Å². The smallest absolute Gasteiger partial charge is 0.342 e. The average molecular weight is 401 g/mol. The Kier molecular flexibility index (Phi) is 6.85. The molecule has 6 unspecified atom stereocenters. The van der Waals surface area contributed by atoms with Crippen molar-refractivity contribution < 1.29 is 19.3 Å². The number of hydrogen-bond donors (Lipinski definition) is 0. The Balaban J connectivity index is 1.54. The second-order valence-corrected chi connectivity index (χ2v) is 10.1. The first-order valence-corrected chi connectivity index (χ1v) is 10.9. The lowest BCUT2D eigenvalue weighted by Gasteiger charge is -2.37. The molecular formula is C25H36O4. The van der Waals surface area contributed by atoms with Gasteiger partial charge >= 0.3 is 5.97 Å². The molecule has 4 nitrogen and oxygen atoms in total. The molecule has 2 aliphatic carbocycles. The summed E-state index contributed by atoms with van der Waals surface area (Å²) in [6.07, 6.45) is 6.18. The molecule has 3 rings (SSSR count). The molecule has 160 valence electrons. The van der Waals surface area contributed by atoms with Crippen LogP contribution < -0.4 is 0 Å². The van der Waals surface area contributed by atoms with Crippen molar-refractivity contribution in [3.05, 3.63) is 48.0 Å². The van der Waals surface area contributed by atoms with Crippen molar-refractivity contribution in [1.29, 1.82) is 0 Å². The topological polar surface area (TPSA) is 44.8 Å². The second-order valence-electron chi connectivity index (χ2n) is 10.1. The number of ether oxygens (including phenoxy) is 1. The van der Waals surface area contributed by atoms with E-state index in [1.54, 1.807) is 31.2 Å². The highest BCUT2D eigenvalue weighted by atomic mass is 17.2. The average Bonchev–Trinajstić information content (AvgIpc) is 3.06. The molecule has 0 bridgehead atoms. The van der Waals surface area contributed by atoms with Gasteiger partial charge in [0.05, 0.1) is 11.7 Å². The lowest BCUT2D eigenvalue weighted by molar-refractivity contribution is -0.339. The number of fused-ring (bicyclic) bond motifs is 1. The van der Waals surface area contributed by atoms with Crippen LogP contribution in [0.4, 0.5) is 0 Å². The Labute approximate surface area is 175 Å². The predicted octanol–water partition coefficient (Wildman–Crippen LogP) is 6.04. The predicted molar refractivity (Wildman–Crippen MR) is 114 cm³/mol. The third kappa shape index (κ3) is 5.29. The van der Waals surface area contributed by atoms with Crippen molar-refractivity contribution >= 4 is 5.97 Å². The summed E-state index contributed by atoms with van der Waals surface area (Å²) in [5.74, 6) is 2.88. The molecule has 0 amide bonds. The van der Waals surface area contributed by atoms with Crippen molar-refractivity contribution in [2.24, 2.45) is 35.0 Å². The van der Waals surface area contributed by atoms with E-state index in [0.29, 0.717) is 28.7 Å². The molecule has 29 heavy (non-hydrogen) atoms. The molecule has 2 aliphatic rings. The van der Waals surface area contributed by atoms with Crippen molar-refractivity contribution in [2.75, 3.05) is 0 Å². The van der Waals surface area contributed by atoms with Crippen LogP contribution in [0.3, 0.4) is 0 Å². The lowest BCUT2D eigenvalue weighted by Crippen LogP contribution is -2.31. The zero-order chi connectivity index (χ0) is 21.2. The van der Waals surface area contributed by atoms with E-state index in [1.165, 1.54) is 6.42 Å². The van der Waals surface area contributed by atoms with E-state index < -0.39 is 12.3 Å². The summed E-state index contributed by atoms with van der Waals surface area (Å²) < 4.78 is 6.02. The van der Waals surface area contributed by atoms with Crippen LogP contribution in [0.25, 0.3) is 0 Å². The van der Waals surface area contributed by atoms with Crippen LogP contribution in [0.15, 0.2) is 42.5 Å². The molecule has 0 radical (unpaired) electrons. The van der Waals surface area contributed by atoms with Gasteiger partial charge in [-0.05, 0) is 66.9 Å². The van der Waals surface area contributed by atoms with Gasteiger partial charge in [-0.15, -0.1) is 0 Å². The molecule has 1 aromatic carbocycles. The molecule has 1 saturated carbocycles. The van der Waals surface area contributed by atoms with E-state index in [2.05, 4.69) is 46.8 Å². The van der Waals surface area contributed by atoms with Gasteiger partial charge in [-0.2, -0.15) is 4.89 Å². The van der Waals surface area contributed by atoms with Crippen LogP contribution in [0, 0.1) is 35.0 Å². The molecule has 1 aromatic rings. The molecule has 0 N–H and O–H groups in total. The first-order chi connectivity index (χ1) is 13.7. The minimum Gasteiger partial charge on any atom is -0.342 e. The van der Waals surface area contributed by atoms with E-state index in [4.69, 9.17) is 14.5 Å². The third-order valence-corrected chi connectivity index (χ3v) is 6.61. The molecule has 0 spiro atoms. The van der Waals surface area contributed by atoms with Crippen molar-refractivity contribution in [1.82, 2.24) is 0 Å². The van der Waals surface area contributed by atoms with Crippen LogP contribution in [-0.2, 0) is 14.5 Å². The molecule has 1 fully saturated rings.